The summed E-state index contributed by atoms with van der Waals surface area (Å²) in [6.45, 7) is 0. The van der Waals surface area contributed by atoms with Crippen molar-refractivity contribution in [3.63, 3.8) is 0 Å². The van der Waals surface area contributed by atoms with E-state index in [2.05, 4.69) is 97.6 Å². The maximum absolute atomic E-state index is 2.32. The smallest absolute Gasteiger partial charge is 0.0156 e. The molecule has 0 nitrogen and oxygen atoms in total. The van der Waals surface area contributed by atoms with Gasteiger partial charge in [0.1, 0.15) is 0 Å². The molecule has 0 amide bonds. The first-order chi connectivity index (χ1) is 15.4. The van der Waals surface area contributed by atoms with Gasteiger partial charge in [0, 0.05) is 21.7 Å². The highest BCUT2D eigenvalue weighted by atomic mass is 32.1. The van der Waals surface area contributed by atoms with Gasteiger partial charge in [-0.2, -0.15) is 45.3 Å². The van der Waals surface area contributed by atoms with Gasteiger partial charge in [-0.1, -0.05) is 37.9 Å². The van der Waals surface area contributed by atoms with E-state index in [1.165, 1.54) is 49.3 Å². The van der Waals surface area contributed by atoms with Gasteiger partial charge in [-0.3, -0.25) is 0 Å². The Hall–Kier alpha value is -2.20. The highest BCUT2D eigenvalue weighted by molar-refractivity contribution is 7.64. The molecule has 0 atom stereocenters. The van der Waals surface area contributed by atoms with Crippen molar-refractivity contribution >= 4 is 52.9 Å². The van der Waals surface area contributed by atoms with Crippen LogP contribution in [0, 0.1) is 0 Å². The molecular formula is C26H17PS4. The molecule has 0 radical (unpaired) electrons. The van der Waals surface area contributed by atoms with Crippen molar-refractivity contribution in [1.29, 1.82) is 0 Å². The normalized spacial score (nSPS) is 11.2. The predicted octanol–water partition coefficient (Wildman–Crippen LogP) is 10.6. The van der Waals surface area contributed by atoms with E-state index in [-0.39, 0.29) is 0 Å². The minimum absolute atomic E-state index is 0.674. The van der Waals surface area contributed by atoms with Crippen LogP contribution in [0.2, 0.25) is 0 Å². The highest BCUT2D eigenvalue weighted by Crippen LogP contribution is 2.66. The summed E-state index contributed by atoms with van der Waals surface area (Å²) in [6, 6.07) is 20.3. The minimum atomic E-state index is -0.674. The van der Waals surface area contributed by atoms with Gasteiger partial charge < -0.3 is 0 Å². The molecule has 0 saturated carbocycles. The van der Waals surface area contributed by atoms with E-state index in [1.807, 2.05) is 0 Å². The fourth-order valence-corrected chi connectivity index (χ4v) is 9.82. The van der Waals surface area contributed by atoms with Crippen molar-refractivity contribution < 1.29 is 0 Å². The third kappa shape index (κ3) is 3.40. The molecule has 0 fully saturated rings. The largest absolute Gasteiger partial charge is 0.152 e. The molecular weight excluding hydrogens is 472 g/mol. The summed E-state index contributed by atoms with van der Waals surface area (Å²) < 4.78 is 0. The molecule has 31 heavy (non-hydrogen) atoms. The number of hydrogen-bond acceptors (Lipinski definition) is 4. The van der Waals surface area contributed by atoms with Crippen LogP contribution >= 0.6 is 52.9 Å². The fourth-order valence-electron chi connectivity index (χ4n) is 4.13. The SMILES string of the molecule is c1ccc(-p2c(-c3ccsc3)c(-c3ccsc3)c(-c3ccsc3)c2-c2ccsc2)cc1. The molecule has 0 bridgehead atoms. The quantitative estimate of drug-likeness (QED) is 0.226. The lowest BCUT2D eigenvalue weighted by atomic mass is 9.95. The molecule has 0 spiro atoms. The summed E-state index contributed by atoms with van der Waals surface area (Å²) >= 11 is 7.13. The lowest BCUT2D eigenvalue weighted by Crippen LogP contribution is -1.81. The summed E-state index contributed by atoms with van der Waals surface area (Å²) in [5.41, 5.74) is 8.21. The van der Waals surface area contributed by atoms with Crippen LogP contribution in [-0.4, -0.2) is 0 Å². The Balaban J connectivity index is 1.84. The Morgan fingerprint density at radius 3 is 1.26 bits per heavy atom. The first kappa shape index (κ1) is 19.5. The van der Waals surface area contributed by atoms with Gasteiger partial charge in [-0.15, -0.1) is 0 Å². The van der Waals surface area contributed by atoms with Crippen molar-refractivity contribution in [3.8, 4) is 49.3 Å². The van der Waals surface area contributed by atoms with Crippen molar-refractivity contribution in [3.05, 3.63) is 97.6 Å². The van der Waals surface area contributed by atoms with E-state index in [0.29, 0.717) is 0 Å². The second-order valence-corrected chi connectivity index (χ2v) is 12.4. The van der Waals surface area contributed by atoms with E-state index in [4.69, 9.17) is 0 Å². The first-order valence-electron chi connectivity index (χ1n) is 9.86. The number of benzene rings is 1. The summed E-state index contributed by atoms with van der Waals surface area (Å²) in [5, 5.41) is 22.5. The van der Waals surface area contributed by atoms with Crippen LogP contribution < -0.4 is 0 Å². The van der Waals surface area contributed by atoms with Crippen LogP contribution in [0.5, 0.6) is 0 Å². The molecule has 5 heteroatoms. The van der Waals surface area contributed by atoms with Crippen molar-refractivity contribution in [2.24, 2.45) is 0 Å². The van der Waals surface area contributed by atoms with Gasteiger partial charge in [0.25, 0.3) is 0 Å². The zero-order valence-corrected chi connectivity index (χ0v) is 20.6. The van der Waals surface area contributed by atoms with Crippen LogP contribution in [0.3, 0.4) is 0 Å². The van der Waals surface area contributed by atoms with Crippen molar-refractivity contribution in [2.45, 2.75) is 0 Å². The van der Waals surface area contributed by atoms with Crippen LogP contribution in [-0.2, 0) is 0 Å². The molecule has 5 aromatic heterocycles. The summed E-state index contributed by atoms with van der Waals surface area (Å²) in [5.74, 6) is 0. The molecule has 150 valence electrons. The number of rotatable bonds is 5. The monoisotopic (exact) mass is 488 g/mol. The molecule has 0 aliphatic carbocycles. The lowest BCUT2D eigenvalue weighted by Gasteiger charge is -2.10. The number of hydrogen-bond donors (Lipinski definition) is 0. The lowest BCUT2D eigenvalue weighted by molar-refractivity contribution is 1.74. The third-order valence-electron chi connectivity index (χ3n) is 5.39. The van der Waals surface area contributed by atoms with E-state index < -0.39 is 7.53 Å². The Morgan fingerprint density at radius 2 is 0.871 bits per heavy atom. The van der Waals surface area contributed by atoms with Gasteiger partial charge in [0.2, 0.25) is 0 Å². The van der Waals surface area contributed by atoms with E-state index in [9.17, 15) is 0 Å². The Kier molecular flexibility index (Phi) is 5.27. The second kappa shape index (κ2) is 8.38. The van der Waals surface area contributed by atoms with Crippen LogP contribution in [0.25, 0.3) is 49.3 Å². The maximum atomic E-state index is 2.32. The average Bonchev–Trinajstić information content (AvgIpc) is 3.63. The Morgan fingerprint density at radius 1 is 0.452 bits per heavy atom. The number of thiophene rings is 4. The summed E-state index contributed by atoms with van der Waals surface area (Å²) in [4.78, 5) is 0. The van der Waals surface area contributed by atoms with Gasteiger partial charge in [-0.25, -0.2) is 0 Å². The second-order valence-electron chi connectivity index (χ2n) is 7.17. The van der Waals surface area contributed by atoms with E-state index in [0.717, 1.165) is 0 Å². The van der Waals surface area contributed by atoms with Gasteiger partial charge in [0.05, 0.1) is 0 Å². The molecule has 0 aliphatic rings. The zero-order chi connectivity index (χ0) is 20.6. The topological polar surface area (TPSA) is 0 Å². The summed E-state index contributed by atoms with van der Waals surface area (Å²) in [7, 11) is -0.674. The molecule has 0 N–H and O–H groups in total. The van der Waals surface area contributed by atoms with E-state index >= 15 is 0 Å². The molecule has 0 saturated heterocycles. The molecule has 0 aliphatic heterocycles. The van der Waals surface area contributed by atoms with Crippen LogP contribution in [0.4, 0.5) is 0 Å². The molecule has 0 unspecified atom stereocenters. The molecule has 5 heterocycles. The molecule has 1 aromatic carbocycles. The minimum Gasteiger partial charge on any atom is -0.152 e. The Labute approximate surface area is 198 Å². The van der Waals surface area contributed by atoms with Gasteiger partial charge >= 0.3 is 0 Å². The fraction of sp³-hybridized carbons (Fsp3) is 0. The van der Waals surface area contributed by atoms with Crippen LogP contribution in [0.15, 0.2) is 97.6 Å². The standard InChI is InChI=1S/C26H17PS4/c1-2-4-22(5-3-1)27-25(20-8-12-30-16-20)23(18-6-10-28-14-18)24(19-7-11-29-15-19)26(27)21-9-13-31-17-21/h1-17H. The Bertz CT molecular complexity index is 1300. The highest BCUT2D eigenvalue weighted by Gasteiger charge is 2.28. The average molecular weight is 489 g/mol. The van der Waals surface area contributed by atoms with Gasteiger partial charge in [-0.05, 0) is 94.9 Å². The van der Waals surface area contributed by atoms with Crippen molar-refractivity contribution in [1.82, 2.24) is 0 Å². The van der Waals surface area contributed by atoms with Gasteiger partial charge in [0.15, 0.2) is 0 Å². The summed E-state index contributed by atoms with van der Waals surface area (Å²) in [6.07, 6.45) is 0. The predicted molar refractivity (Wildman–Crippen MR) is 144 cm³/mol. The molecule has 6 aromatic rings. The zero-order valence-electron chi connectivity index (χ0n) is 16.4. The maximum Gasteiger partial charge on any atom is 0.0156 e. The molecule has 6 rings (SSSR count). The van der Waals surface area contributed by atoms with Crippen LogP contribution in [0.1, 0.15) is 0 Å². The van der Waals surface area contributed by atoms with E-state index in [1.54, 1.807) is 45.3 Å². The first-order valence-corrected chi connectivity index (χ1v) is 15.0. The van der Waals surface area contributed by atoms with Crippen molar-refractivity contribution in [2.75, 3.05) is 0 Å². The third-order valence-corrected chi connectivity index (χ3v) is 10.8.